The minimum Gasteiger partial charge on any atom is -0.352 e. The van der Waals surface area contributed by atoms with Crippen LogP contribution in [0.15, 0.2) is 35.2 Å². The lowest BCUT2D eigenvalue weighted by Crippen LogP contribution is -2.25. The number of aromatic nitrogens is 1. The summed E-state index contributed by atoms with van der Waals surface area (Å²) in [4.78, 5) is 15.9. The number of amides is 1. The Kier molecular flexibility index (Phi) is 4.44. The van der Waals surface area contributed by atoms with Gasteiger partial charge < -0.3 is 11.1 Å². The highest BCUT2D eigenvalue weighted by Crippen LogP contribution is 2.06. The third kappa shape index (κ3) is 3.38. The predicted molar refractivity (Wildman–Crippen MR) is 72.5 cm³/mol. The molecule has 2 aromatic heterocycles. The van der Waals surface area contributed by atoms with E-state index in [-0.39, 0.29) is 5.91 Å². The first-order valence-corrected chi connectivity index (χ1v) is 6.68. The number of carbonyl (C=O) groups is 1. The van der Waals surface area contributed by atoms with E-state index >= 15 is 0 Å². The van der Waals surface area contributed by atoms with Crippen LogP contribution in [0.25, 0.3) is 0 Å². The van der Waals surface area contributed by atoms with Crippen molar-refractivity contribution in [2.75, 3.05) is 6.54 Å². The Morgan fingerprint density at radius 1 is 1.44 bits per heavy atom. The highest BCUT2D eigenvalue weighted by molar-refractivity contribution is 7.07. The summed E-state index contributed by atoms with van der Waals surface area (Å²) in [5.41, 5.74) is 8.07. The molecule has 2 heterocycles. The maximum absolute atomic E-state index is 11.9. The van der Waals surface area contributed by atoms with E-state index in [1.165, 1.54) is 5.56 Å². The van der Waals surface area contributed by atoms with Gasteiger partial charge in [0.2, 0.25) is 0 Å². The fraction of sp³-hybridized carbons (Fsp3) is 0.231. The fourth-order valence-electron chi connectivity index (χ4n) is 1.59. The monoisotopic (exact) mass is 261 g/mol. The lowest BCUT2D eigenvalue weighted by molar-refractivity contribution is 0.0954. The van der Waals surface area contributed by atoms with Gasteiger partial charge in [-0.25, -0.2) is 0 Å². The van der Waals surface area contributed by atoms with E-state index in [0.717, 1.165) is 12.1 Å². The van der Waals surface area contributed by atoms with Gasteiger partial charge in [0, 0.05) is 24.8 Å². The summed E-state index contributed by atoms with van der Waals surface area (Å²) < 4.78 is 0. The van der Waals surface area contributed by atoms with Gasteiger partial charge in [-0.3, -0.25) is 9.78 Å². The molecule has 3 N–H and O–H groups in total. The number of carbonyl (C=O) groups excluding carboxylic acids is 1. The standard InChI is InChI=1S/C13H15N3OS/c14-8-12-7-11(2-5-15-12)13(17)16-4-1-10-3-6-18-9-10/h2-3,5-7,9H,1,4,8,14H2,(H,16,17). The molecule has 1 amide bonds. The number of nitrogens with one attached hydrogen (secondary N) is 1. The molecule has 0 aromatic carbocycles. The highest BCUT2D eigenvalue weighted by atomic mass is 32.1. The zero-order valence-electron chi connectivity index (χ0n) is 9.93. The van der Waals surface area contributed by atoms with Gasteiger partial charge in [0.1, 0.15) is 0 Å². The van der Waals surface area contributed by atoms with Gasteiger partial charge in [-0.1, -0.05) is 0 Å². The number of pyridine rings is 1. The molecule has 0 unspecified atom stereocenters. The molecule has 0 radical (unpaired) electrons. The SMILES string of the molecule is NCc1cc(C(=O)NCCc2ccsc2)ccn1. The van der Waals surface area contributed by atoms with Gasteiger partial charge in [-0.15, -0.1) is 0 Å². The number of nitrogens with zero attached hydrogens (tertiary/aromatic N) is 1. The molecule has 0 aliphatic rings. The molecule has 0 bridgehead atoms. The summed E-state index contributed by atoms with van der Waals surface area (Å²) in [5, 5.41) is 7.01. The van der Waals surface area contributed by atoms with Crippen LogP contribution in [0.5, 0.6) is 0 Å². The van der Waals surface area contributed by atoms with Gasteiger partial charge in [0.25, 0.3) is 5.91 Å². The molecular formula is C13H15N3OS. The summed E-state index contributed by atoms with van der Waals surface area (Å²) >= 11 is 1.66. The molecule has 0 atom stereocenters. The maximum atomic E-state index is 11.9. The first-order chi connectivity index (χ1) is 8.79. The normalized spacial score (nSPS) is 10.3. The average Bonchev–Trinajstić information content (AvgIpc) is 2.92. The van der Waals surface area contributed by atoms with Gasteiger partial charge in [-0.05, 0) is 40.9 Å². The van der Waals surface area contributed by atoms with Crippen LogP contribution in [-0.4, -0.2) is 17.4 Å². The van der Waals surface area contributed by atoms with E-state index in [1.54, 1.807) is 29.7 Å². The summed E-state index contributed by atoms with van der Waals surface area (Å²) in [7, 11) is 0. The van der Waals surface area contributed by atoms with E-state index in [0.29, 0.717) is 18.7 Å². The van der Waals surface area contributed by atoms with E-state index in [9.17, 15) is 4.79 Å². The van der Waals surface area contributed by atoms with Crippen molar-refractivity contribution in [3.63, 3.8) is 0 Å². The second-order valence-corrected chi connectivity index (χ2v) is 4.66. The molecule has 0 spiro atoms. The van der Waals surface area contributed by atoms with Crippen molar-refractivity contribution in [1.29, 1.82) is 0 Å². The Bertz CT molecular complexity index is 511. The van der Waals surface area contributed by atoms with Crippen molar-refractivity contribution >= 4 is 17.2 Å². The van der Waals surface area contributed by atoms with Crippen LogP contribution >= 0.6 is 11.3 Å². The molecular weight excluding hydrogens is 246 g/mol. The Hall–Kier alpha value is -1.72. The highest BCUT2D eigenvalue weighted by Gasteiger charge is 2.05. The minimum atomic E-state index is -0.0812. The van der Waals surface area contributed by atoms with Crippen molar-refractivity contribution in [3.8, 4) is 0 Å². The molecule has 2 aromatic rings. The quantitative estimate of drug-likeness (QED) is 0.858. The number of hydrogen-bond acceptors (Lipinski definition) is 4. The molecule has 0 aliphatic heterocycles. The molecule has 18 heavy (non-hydrogen) atoms. The first kappa shape index (κ1) is 12.7. The zero-order chi connectivity index (χ0) is 12.8. The topological polar surface area (TPSA) is 68.0 Å². The van der Waals surface area contributed by atoms with E-state index in [2.05, 4.69) is 21.7 Å². The van der Waals surface area contributed by atoms with Crippen LogP contribution in [0.4, 0.5) is 0 Å². The summed E-state index contributed by atoms with van der Waals surface area (Å²) in [6.45, 7) is 0.978. The number of nitrogens with two attached hydrogens (primary N) is 1. The second kappa shape index (κ2) is 6.28. The van der Waals surface area contributed by atoms with E-state index < -0.39 is 0 Å². The third-order valence-corrected chi connectivity index (χ3v) is 3.30. The van der Waals surface area contributed by atoms with Crippen LogP contribution in [0.1, 0.15) is 21.6 Å². The van der Waals surface area contributed by atoms with Gasteiger partial charge in [0.15, 0.2) is 0 Å². The Labute approximate surface area is 110 Å². The molecule has 0 saturated heterocycles. The second-order valence-electron chi connectivity index (χ2n) is 3.88. The van der Waals surface area contributed by atoms with Crippen LogP contribution < -0.4 is 11.1 Å². The number of rotatable bonds is 5. The van der Waals surface area contributed by atoms with Gasteiger partial charge in [0.05, 0.1) is 5.69 Å². The smallest absolute Gasteiger partial charge is 0.251 e. The zero-order valence-corrected chi connectivity index (χ0v) is 10.7. The van der Waals surface area contributed by atoms with Crippen molar-refractivity contribution in [2.24, 2.45) is 5.73 Å². The summed E-state index contributed by atoms with van der Waals surface area (Å²) in [6, 6.07) is 5.48. The van der Waals surface area contributed by atoms with E-state index in [1.807, 2.05) is 5.38 Å². The van der Waals surface area contributed by atoms with Gasteiger partial charge in [-0.2, -0.15) is 11.3 Å². The molecule has 0 saturated carbocycles. The third-order valence-electron chi connectivity index (χ3n) is 2.57. The predicted octanol–water partition coefficient (Wildman–Crippen LogP) is 1.57. The average molecular weight is 261 g/mol. The van der Waals surface area contributed by atoms with Crippen molar-refractivity contribution in [1.82, 2.24) is 10.3 Å². The minimum absolute atomic E-state index is 0.0812. The molecule has 94 valence electrons. The molecule has 0 aliphatic carbocycles. The fourth-order valence-corrected chi connectivity index (χ4v) is 2.29. The Morgan fingerprint density at radius 2 is 2.33 bits per heavy atom. The van der Waals surface area contributed by atoms with Crippen molar-refractivity contribution in [2.45, 2.75) is 13.0 Å². The van der Waals surface area contributed by atoms with Crippen LogP contribution in [0.2, 0.25) is 0 Å². The first-order valence-electron chi connectivity index (χ1n) is 5.74. The lowest BCUT2D eigenvalue weighted by atomic mass is 10.2. The van der Waals surface area contributed by atoms with Crippen molar-refractivity contribution in [3.05, 3.63) is 52.0 Å². The summed E-state index contributed by atoms with van der Waals surface area (Å²) in [5.74, 6) is -0.0812. The molecule has 2 rings (SSSR count). The number of hydrogen-bond donors (Lipinski definition) is 2. The van der Waals surface area contributed by atoms with Gasteiger partial charge >= 0.3 is 0 Å². The number of thiophene rings is 1. The van der Waals surface area contributed by atoms with Crippen LogP contribution in [0, 0.1) is 0 Å². The lowest BCUT2D eigenvalue weighted by Gasteiger charge is -2.05. The van der Waals surface area contributed by atoms with Crippen LogP contribution in [-0.2, 0) is 13.0 Å². The van der Waals surface area contributed by atoms with Crippen molar-refractivity contribution < 1.29 is 4.79 Å². The maximum Gasteiger partial charge on any atom is 0.251 e. The van der Waals surface area contributed by atoms with Crippen LogP contribution in [0.3, 0.4) is 0 Å². The molecule has 0 fully saturated rings. The largest absolute Gasteiger partial charge is 0.352 e. The Balaban J connectivity index is 1.87. The summed E-state index contributed by atoms with van der Waals surface area (Å²) in [6.07, 6.45) is 2.46. The van der Waals surface area contributed by atoms with E-state index in [4.69, 9.17) is 5.73 Å². The molecule has 5 heteroatoms. The Morgan fingerprint density at radius 3 is 3.06 bits per heavy atom. The molecule has 4 nitrogen and oxygen atoms in total.